The van der Waals surface area contributed by atoms with Gasteiger partial charge in [-0.1, -0.05) is 0 Å². The third kappa shape index (κ3) is 2.16. The highest BCUT2D eigenvalue weighted by Gasteiger charge is 2.30. The van der Waals surface area contributed by atoms with Gasteiger partial charge in [0.2, 0.25) is 0 Å². The van der Waals surface area contributed by atoms with Crippen molar-refractivity contribution in [3.05, 3.63) is 46.6 Å². The van der Waals surface area contributed by atoms with Gasteiger partial charge in [0.05, 0.1) is 12.2 Å². The summed E-state index contributed by atoms with van der Waals surface area (Å²) in [6.07, 6.45) is 0.148. The van der Waals surface area contributed by atoms with Crippen LogP contribution in [0.2, 0.25) is 0 Å². The number of hydrogen-bond acceptors (Lipinski definition) is 3. The maximum absolute atomic E-state index is 13.2. The lowest BCUT2D eigenvalue weighted by molar-refractivity contribution is 0.113. The molecule has 1 atom stereocenters. The zero-order chi connectivity index (χ0) is 13.6. The van der Waals surface area contributed by atoms with E-state index >= 15 is 0 Å². The zero-order valence-corrected chi connectivity index (χ0v) is 10.3. The summed E-state index contributed by atoms with van der Waals surface area (Å²) in [5, 5.41) is 3.08. The number of benzene rings is 1. The van der Waals surface area contributed by atoms with E-state index in [0.717, 1.165) is 36.6 Å². The van der Waals surface area contributed by atoms with Gasteiger partial charge < -0.3 is 10.1 Å². The Labute approximate surface area is 108 Å². The lowest BCUT2D eigenvalue weighted by Gasteiger charge is -2.21. The lowest BCUT2D eigenvalue weighted by atomic mass is 10.1. The third-order valence-corrected chi connectivity index (χ3v) is 3.37. The van der Waals surface area contributed by atoms with Crippen LogP contribution in [0.25, 0.3) is 0 Å². The average Bonchev–Trinajstić information content (AvgIpc) is 2.78. The molecule has 0 saturated heterocycles. The minimum Gasteiger partial charge on any atom is -0.468 e. The summed E-state index contributed by atoms with van der Waals surface area (Å²) >= 11 is 0. The Hall–Kier alpha value is -1.69. The first-order valence-corrected chi connectivity index (χ1v) is 6.03. The normalized spacial score (nSPS) is 23.1. The molecule has 2 heterocycles. The Morgan fingerprint density at radius 3 is 2.63 bits per heavy atom. The van der Waals surface area contributed by atoms with Crippen molar-refractivity contribution >= 4 is 0 Å². The first-order chi connectivity index (χ1) is 9.04. The number of likely N-dealkylation sites (N-methyl/N-ethyl adjacent to an activating group) is 1. The molecular formula is C13H13F3N2O. The molecule has 0 radical (unpaired) electrons. The van der Waals surface area contributed by atoms with Crippen LogP contribution in [0.1, 0.15) is 18.2 Å². The zero-order valence-electron chi connectivity index (χ0n) is 10.3. The second-order valence-corrected chi connectivity index (χ2v) is 4.83. The molecule has 102 valence electrons. The van der Waals surface area contributed by atoms with E-state index in [2.05, 4.69) is 10.2 Å². The Kier molecular flexibility index (Phi) is 2.89. The Morgan fingerprint density at radius 2 is 1.95 bits per heavy atom. The molecule has 2 aliphatic heterocycles. The SMILES string of the molecule is CN1CCC2=C(C1)OC(c1cc(F)c(F)c(F)c1)N2. The summed E-state index contributed by atoms with van der Waals surface area (Å²) in [5.74, 6) is -3.09. The van der Waals surface area contributed by atoms with Crippen LogP contribution in [0.3, 0.4) is 0 Å². The van der Waals surface area contributed by atoms with Crippen LogP contribution in [0.4, 0.5) is 13.2 Å². The van der Waals surface area contributed by atoms with Crippen LogP contribution in [-0.2, 0) is 4.74 Å². The van der Waals surface area contributed by atoms with Gasteiger partial charge in [0.1, 0.15) is 5.76 Å². The molecule has 2 aliphatic rings. The molecule has 3 rings (SSSR count). The molecule has 3 nitrogen and oxygen atoms in total. The van der Waals surface area contributed by atoms with Crippen LogP contribution in [0, 0.1) is 17.5 Å². The van der Waals surface area contributed by atoms with Crippen molar-refractivity contribution in [2.45, 2.75) is 12.6 Å². The maximum atomic E-state index is 13.2. The van der Waals surface area contributed by atoms with E-state index in [0.29, 0.717) is 6.54 Å². The molecule has 1 unspecified atom stereocenters. The number of hydrogen-bond donors (Lipinski definition) is 1. The lowest BCUT2D eigenvalue weighted by Crippen LogP contribution is -2.28. The first-order valence-electron chi connectivity index (χ1n) is 6.03. The van der Waals surface area contributed by atoms with E-state index in [9.17, 15) is 13.2 Å². The fourth-order valence-electron chi connectivity index (χ4n) is 2.33. The number of rotatable bonds is 1. The quantitative estimate of drug-likeness (QED) is 0.792. The summed E-state index contributed by atoms with van der Waals surface area (Å²) in [6, 6.07) is 1.91. The second kappa shape index (κ2) is 4.45. The van der Waals surface area contributed by atoms with E-state index in [4.69, 9.17) is 4.74 Å². The third-order valence-electron chi connectivity index (χ3n) is 3.37. The topological polar surface area (TPSA) is 24.5 Å². The monoisotopic (exact) mass is 270 g/mol. The smallest absolute Gasteiger partial charge is 0.196 e. The van der Waals surface area contributed by atoms with E-state index in [-0.39, 0.29) is 5.56 Å². The number of nitrogens with zero attached hydrogens (tertiary/aromatic N) is 1. The van der Waals surface area contributed by atoms with Gasteiger partial charge in [-0.25, -0.2) is 13.2 Å². The highest BCUT2D eigenvalue weighted by molar-refractivity contribution is 5.27. The van der Waals surface area contributed by atoms with Gasteiger partial charge in [-0.05, 0) is 19.2 Å². The summed E-state index contributed by atoms with van der Waals surface area (Å²) in [4.78, 5) is 2.09. The minimum atomic E-state index is -1.46. The van der Waals surface area contributed by atoms with Crippen molar-refractivity contribution in [1.82, 2.24) is 10.2 Å². The van der Waals surface area contributed by atoms with Crippen LogP contribution < -0.4 is 5.32 Å². The van der Waals surface area contributed by atoms with Crippen molar-refractivity contribution in [2.75, 3.05) is 20.1 Å². The van der Waals surface area contributed by atoms with Crippen molar-refractivity contribution in [3.63, 3.8) is 0 Å². The van der Waals surface area contributed by atoms with Crippen LogP contribution in [0.5, 0.6) is 0 Å². The van der Waals surface area contributed by atoms with Gasteiger partial charge in [-0.2, -0.15) is 0 Å². The van der Waals surface area contributed by atoms with Crippen molar-refractivity contribution in [3.8, 4) is 0 Å². The molecule has 0 bridgehead atoms. The van der Waals surface area contributed by atoms with Crippen LogP contribution in [-0.4, -0.2) is 25.0 Å². The van der Waals surface area contributed by atoms with Gasteiger partial charge in [0.25, 0.3) is 0 Å². The summed E-state index contributed by atoms with van der Waals surface area (Å²) < 4.78 is 45.0. The highest BCUT2D eigenvalue weighted by atomic mass is 19.2. The minimum absolute atomic E-state index is 0.244. The predicted octanol–water partition coefficient (Wildman–Crippen LogP) is 2.27. The molecule has 0 saturated carbocycles. The largest absolute Gasteiger partial charge is 0.468 e. The predicted molar refractivity (Wildman–Crippen MR) is 62.4 cm³/mol. The van der Waals surface area contributed by atoms with Gasteiger partial charge in [0, 0.05) is 18.5 Å². The first kappa shape index (κ1) is 12.3. The second-order valence-electron chi connectivity index (χ2n) is 4.83. The Balaban J connectivity index is 1.83. The van der Waals surface area contributed by atoms with Crippen molar-refractivity contribution < 1.29 is 17.9 Å². The number of ether oxygens (including phenoxy) is 1. The maximum Gasteiger partial charge on any atom is 0.196 e. The summed E-state index contributed by atoms with van der Waals surface area (Å²) in [7, 11) is 1.97. The van der Waals surface area contributed by atoms with Crippen LogP contribution >= 0.6 is 0 Å². The Morgan fingerprint density at radius 1 is 1.26 bits per heavy atom. The van der Waals surface area contributed by atoms with E-state index in [1.807, 2.05) is 7.05 Å². The summed E-state index contributed by atoms with van der Waals surface area (Å²) in [5.41, 5.74) is 1.20. The van der Waals surface area contributed by atoms with E-state index in [1.165, 1.54) is 0 Å². The number of nitrogens with one attached hydrogen (secondary N) is 1. The molecular weight excluding hydrogens is 257 g/mol. The van der Waals surface area contributed by atoms with Crippen LogP contribution in [0.15, 0.2) is 23.6 Å². The van der Waals surface area contributed by atoms with Gasteiger partial charge in [-0.15, -0.1) is 0 Å². The van der Waals surface area contributed by atoms with Crippen molar-refractivity contribution in [2.24, 2.45) is 0 Å². The number of halogens is 3. The van der Waals surface area contributed by atoms with E-state index < -0.39 is 23.7 Å². The molecule has 0 amide bonds. The van der Waals surface area contributed by atoms with E-state index in [1.54, 1.807) is 0 Å². The summed E-state index contributed by atoms with van der Waals surface area (Å²) in [6.45, 7) is 1.55. The molecule has 1 aromatic carbocycles. The molecule has 0 fully saturated rings. The Bertz CT molecular complexity index is 536. The molecule has 19 heavy (non-hydrogen) atoms. The van der Waals surface area contributed by atoms with Crippen molar-refractivity contribution in [1.29, 1.82) is 0 Å². The van der Waals surface area contributed by atoms with Gasteiger partial charge in [0.15, 0.2) is 23.7 Å². The van der Waals surface area contributed by atoms with Gasteiger partial charge in [-0.3, -0.25) is 4.90 Å². The highest BCUT2D eigenvalue weighted by Crippen LogP contribution is 2.32. The molecule has 6 heteroatoms. The fourth-order valence-corrected chi connectivity index (χ4v) is 2.33. The molecule has 0 aliphatic carbocycles. The molecule has 0 aromatic heterocycles. The molecule has 1 aromatic rings. The molecule has 1 N–H and O–H groups in total. The molecule has 0 spiro atoms. The standard InChI is InChI=1S/C13H13F3N2O/c1-18-3-2-10-11(6-18)19-13(17-10)7-4-8(14)12(16)9(15)5-7/h4-5,13,17H,2-3,6H2,1H3. The fraction of sp³-hybridized carbons (Fsp3) is 0.385. The van der Waals surface area contributed by atoms with Gasteiger partial charge >= 0.3 is 0 Å². The average molecular weight is 270 g/mol.